The van der Waals surface area contributed by atoms with Crippen molar-refractivity contribution in [3.05, 3.63) is 47.3 Å². The summed E-state index contributed by atoms with van der Waals surface area (Å²) in [5.41, 5.74) is 0.859. The molecule has 0 aliphatic heterocycles. The fraction of sp³-hybridized carbons (Fsp3) is 0.500. The summed E-state index contributed by atoms with van der Waals surface area (Å²) in [4.78, 5) is 25.6. The molecule has 0 aromatic heterocycles. The summed E-state index contributed by atoms with van der Waals surface area (Å²) in [6.07, 6.45) is 8.67. The van der Waals surface area contributed by atoms with Crippen LogP contribution in [0.25, 0.3) is 0 Å². The third-order valence-electron chi connectivity index (χ3n) is 5.94. The molecule has 3 aliphatic rings. The van der Waals surface area contributed by atoms with Gasteiger partial charge in [-0.05, 0) is 30.6 Å². The smallest absolute Gasteiger partial charge is 0.225 e. The van der Waals surface area contributed by atoms with E-state index >= 15 is 0 Å². The largest absolute Gasteiger partial charge is 0.504 e. The highest BCUT2D eigenvalue weighted by atomic mass is 16.3. The molecule has 0 amide bonds. The lowest BCUT2D eigenvalue weighted by atomic mass is 9.50. The highest BCUT2D eigenvalue weighted by Crippen LogP contribution is 2.58. The van der Waals surface area contributed by atoms with Crippen LogP contribution in [0.1, 0.15) is 46.5 Å². The topological polar surface area (TPSA) is 54.4 Å². The maximum Gasteiger partial charge on any atom is 0.225 e. The van der Waals surface area contributed by atoms with Crippen molar-refractivity contribution in [2.45, 2.75) is 46.5 Å². The Labute approximate surface area is 137 Å². The van der Waals surface area contributed by atoms with Gasteiger partial charge in [0.1, 0.15) is 0 Å². The van der Waals surface area contributed by atoms with Gasteiger partial charge >= 0.3 is 0 Å². The molecule has 0 spiro atoms. The molecule has 1 saturated carbocycles. The molecule has 0 aromatic carbocycles. The van der Waals surface area contributed by atoms with Crippen molar-refractivity contribution in [1.29, 1.82) is 0 Å². The molecule has 0 heterocycles. The van der Waals surface area contributed by atoms with Gasteiger partial charge in [0.25, 0.3) is 0 Å². The van der Waals surface area contributed by atoms with E-state index in [0.717, 1.165) is 19.3 Å². The molecular formula is C20H24O3. The number of carbonyl (C=O) groups is 2. The van der Waals surface area contributed by atoms with Crippen LogP contribution < -0.4 is 0 Å². The van der Waals surface area contributed by atoms with Crippen LogP contribution in [0, 0.1) is 16.7 Å². The fourth-order valence-corrected chi connectivity index (χ4v) is 4.85. The first kappa shape index (κ1) is 16.0. The Morgan fingerprint density at radius 1 is 1.26 bits per heavy atom. The summed E-state index contributed by atoms with van der Waals surface area (Å²) in [5, 5.41) is 10.3. The minimum absolute atomic E-state index is 0.0755. The molecule has 0 saturated heterocycles. The lowest BCUT2D eigenvalue weighted by Crippen LogP contribution is -2.47. The number of hydrogen-bond donors (Lipinski definition) is 1. The summed E-state index contributed by atoms with van der Waals surface area (Å²) in [6, 6.07) is 0. The first-order valence-corrected chi connectivity index (χ1v) is 8.29. The van der Waals surface area contributed by atoms with E-state index < -0.39 is 0 Å². The zero-order chi connectivity index (χ0) is 17.0. The monoisotopic (exact) mass is 312 g/mol. The fourth-order valence-electron chi connectivity index (χ4n) is 4.85. The first-order chi connectivity index (χ1) is 10.7. The van der Waals surface area contributed by atoms with E-state index in [0.29, 0.717) is 11.1 Å². The average molecular weight is 312 g/mol. The highest BCUT2D eigenvalue weighted by molar-refractivity contribution is 6.26. The van der Waals surface area contributed by atoms with Crippen LogP contribution in [-0.2, 0) is 9.59 Å². The molecule has 23 heavy (non-hydrogen) atoms. The van der Waals surface area contributed by atoms with E-state index in [-0.39, 0.29) is 46.1 Å². The molecule has 0 radical (unpaired) electrons. The quantitative estimate of drug-likeness (QED) is 0.613. The number of aliphatic hydroxyl groups is 1. The van der Waals surface area contributed by atoms with Gasteiger partial charge in [-0.2, -0.15) is 0 Å². The Morgan fingerprint density at radius 2 is 1.96 bits per heavy atom. The molecule has 3 rings (SSSR count). The molecule has 0 bridgehead atoms. The Bertz CT molecular complexity index is 702. The molecule has 1 fully saturated rings. The highest BCUT2D eigenvalue weighted by Gasteiger charge is 2.53. The second-order valence-electron chi connectivity index (χ2n) is 7.86. The second kappa shape index (κ2) is 5.05. The Balaban J connectivity index is 2.16. The molecule has 0 aromatic rings. The Morgan fingerprint density at radius 3 is 2.61 bits per heavy atom. The van der Waals surface area contributed by atoms with Gasteiger partial charge in [0, 0.05) is 22.1 Å². The number of carbonyl (C=O) groups excluding carboxylic acids is 2. The lowest BCUT2D eigenvalue weighted by molar-refractivity contribution is -0.120. The number of Topliss-reactive ketones (excluding diaryl/α,β-unsaturated/α-hetero) is 2. The minimum atomic E-state index is -0.383. The number of ketones is 2. The van der Waals surface area contributed by atoms with E-state index in [1.54, 1.807) is 6.08 Å². The van der Waals surface area contributed by atoms with Crippen LogP contribution in [0.5, 0.6) is 0 Å². The standard InChI is InChI=1S/C20H24O3/c1-5-7-13-16(21)12-8-9-14-19(2,3)10-6-11-20(14,4)15(12)18(23)17(13)22/h5,8-9,14,22H,1,6-7,10-11H2,2-4H3/t14-,20-/m0/s1. The summed E-state index contributed by atoms with van der Waals surface area (Å²) in [5.74, 6) is -0.775. The number of rotatable bonds is 2. The predicted molar refractivity (Wildman–Crippen MR) is 89.9 cm³/mol. The van der Waals surface area contributed by atoms with Gasteiger partial charge in [-0.1, -0.05) is 45.4 Å². The zero-order valence-corrected chi connectivity index (χ0v) is 14.1. The average Bonchev–Trinajstić information content (AvgIpc) is 2.47. The van der Waals surface area contributed by atoms with Crippen LogP contribution in [0.15, 0.2) is 47.3 Å². The number of allylic oxidation sites excluding steroid dienone is 6. The summed E-state index contributed by atoms with van der Waals surface area (Å²) in [7, 11) is 0. The third kappa shape index (κ3) is 2.09. The summed E-state index contributed by atoms with van der Waals surface area (Å²) >= 11 is 0. The third-order valence-corrected chi connectivity index (χ3v) is 5.94. The second-order valence-corrected chi connectivity index (χ2v) is 7.86. The van der Waals surface area contributed by atoms with Crippen molar-refractivity contribution in [2.24, 2.45) is 16.7 Å². The number of hydrogen-bond acceptors (Lipinski definition) is 3. The van der Waals surface area contributed by atoms with Crippen molar-refractivity contribution in [3.8, 4) is 0 Å². The molecule has 2 atom stereocenters. The van der Waals surface area contributed by atoms with E-state index in [4.69, 9.17) is 0 Å². The van der Waals surface area contributed by atoms with Crippen LogP contribution in [0.3, 0.4) is 0 Å². The van der Waals surface area contributed by atoms with Crippen LogP contribution in [0.2, 0.25) is 0 Å². The van der Waals surface area contributed by atoms with Crippen molar-refractivity contribution in [1.82, 2.24) is 0 Å². The van der Waals surface area contributed by atoms with Crippen molar-refractivity contribution in [2.75, 3.05) is 0 Å². The van der Waals surface area contributed by atoms with Gasteiger partial charge in [-0.25, -0.2) is 0 Å². The van der Waals surface area contributed by atoms with Crippen LogP contribution in [0.4, 0.5) is 0 Å². The maximum absolute atomic E-state index is 12.9. The van der Waals surface area contributed by atoms with Gasteiger partial charge in [0.05, 0.1) is 0 Å². The first-order valence-electron chi connectivity index (χ1n) is 8.29. The van der Waals surface area contributed by atoms with Crippen LogP contribution in [-0.4, -0.2) is 16.7 Å². The molecular weight excluding hydrogens is 288 g/mol. The SMILES string of the molecule is C=CCC1=C(O)C(=O)C2=C(C=C[C@H]3C(C)(C)CCC[C@]23C)C1=O. The Hall–Kier alpha value is -1.90. The number of aliphatic hydroxyl groups excluding tert-OH is 1. The van der Waals surface area contributed by atoms with Gasteiger partial charge in [-0.3, -0.25) is 9.59 Å². The Kier molecular flexibility index (Phi) is 3.51. The van der Waals surface area contributed by atoms with Gasteiger partial charge in [-0.15, -0.1) is 6.58 Å². The van der Waals surface area contributed by atoms with E-state index in [1.807, 2.05) is 6.08 Å². The maximum atomic E-state index is 12.9. The zero-order valence-electron chi connectivity index (χ0n) is 14.1. The molecule has 0 unspecified atom stereocenters. The van der Waals surface area contributed by atoms with E-state index in [9.17, 15) is 14.7 Å². The van der Waals surface area contributed by atoms with Gasteiger partial charge in [0.2, 0.25) is 5.78 Å². The predicted octanol–water partition coefficient (Wildman–Crippen LogP) is 4.23. The molecule has 3 heteroatoms. The van der Waals surface area contributed by atoms with Gasteiger partial charge in [0.15, 0.2) is 11.5 Å². The molecule has 122 valence electrons. The molecule has 3 nitrogen and oxygen atoms in total. The van der Waals surface area contributed by atoms with Gasteiger partial charge < -0.3 is 5.11 Å². The van der Waals surface area contributed by atoms with Crippen molar-refractivity contribution in [3.63, 3.8) is 0 Å². The van der Waals surface area contributed by atoms with Crippen molar-refractivity contribution >= 4 is 11.6 Å². The summed E-state index contributed by atoms with van der Waals surface area (Å²) in [6.45, 7) is 10.1. The lowest BCUT2D eigenvalue weighted by Gasteiger charge is -2.52. The molecule has 1 N–H and O–H groups in total. The minimum Gasteiger partial charge on any atom is -0.504 e. The normalized spacial score (nSPS) is 32.7. The van der Waals surface area contributed by atoms with E-state index in [1.165, 1.54) is 0 Å². The van der Waals surface area contributed by atoms with Crippen LogP contribution >= 0.6 is 0 Å². The number of fused-ring (bicyclic) bond motifs is 2. The van der Waals surface area contributed by atoms with Crippen molar-refractivity contribution < 1.29 is 14.7 Å². The molecule has 3 aliphatic carbocycles. The van der Waals surface area contributed by atoms with E-state index in [2.05, 4.69) is 33.4 Å². The summed E-state index contributed by atoms with van der Waals surface area (Å²) < 4.78 is 0.